The van der Waals surface area contributed by atoms with E-state index in [2.05, 4.69) is 15.9 Å². The number of amides is 2. The number of ether oxygens (including phenoxy) is 2. The summed E-state index contributed by atoms with van der Waals surface area (Å²) in [6, 6.07) is 9.44. The lowest BCUT2D eigenvalue weighted by Crippen LogP contribution is -2.34. The summed E-state index contributed by atoms with van der Waals surface area (Å²) in [4.78, 5) is 29.8. The van der Waals surface area contributed by atoms with Crippen molar-refractivity contribution in [2.45, 2.75) is 13.0 Å². The van der Waals surface area contributed by atoms with E-state index < -0.39 is 0 Å². The lowest BCUT2D eigenvalue weighted by Gasteiger charge is -2.23. The molecule has 0 bridgehead atoms. The lowest BCUT2D eigenvalue weighted by atomic mass is 10.1. The highest BCUT2D eigenvalue weighted by Crippen LogP contribution is 2.36. The van der Waals surface area contributed by atoms with Crippen molar-refractivity contribution in [3.8, 4) is 11.5 Å². The van der Waals surface area contributed by atoms with Crippen molar-refractivity contribution in [3.05, 3.63) is 39.0 Å². The van der Waals surface area contributed by atoms with Gasteiger partial charge in [-0.15, -0.1) is 11.3 Å². The molecule has 1 atom stereocenters. The van der Waals surface area contributed by atoms with Crippen LogP contribution in [0.15, 0.2) is 34.1 Å². The Morgan fingerprint density at radius 3 is 2.78 bits per heavy atom. The number of carbonyl (C=O) groups excluding carboxylic acids is 2. The molecule has 1 aromatic carbocycles. The van der Waals surface area contributed by atoms with Crippen molar-refractivity contribution >= 4 is 44.8 Å². The summed E-state index contributed by atoms with van der Waals surface area (Å²) >= 11 is 5.04. The van der Waals surface area contributed by atoms with Crippen LogP contribution in [0, 0.1) is 5.92 Å². The van der Waals surface area contributed by atoms with Crippen molar-refractivity contribution in [3.63, 3.8) is 0 Å². The van der Waals surface area contributed by atoms with E-state index in [-0.39, 0.29) is 24.2 Å². The third-order valence-electron chi connectivity index (χ3n) is 4.71. The predicted octanol–water partition coefficient (Wildman–Crippen LogP) is 3.29. The van der Waals surface area contributed by atoms with Gasteiger partial charge in [-0.05, 0) is 40.2 Å². The van der Waals surface area contributed by atoms with Crippen LogP contribution in [-0.2, 0) is 16.1 Å². The Hall–Kier alpha value is -2.06. The molecule has 2 aromatic rings. The fraction of sp³-hybridized carbons (Fsp3) is 0.368. The van der Waals surface area contributed by atoms with Gasteiger partial charge in [-0.2, -0.15) is 0 Å². The van der Waals surface area contributed by atoms with E-state index in [1.807, 2.05) is 30.3 Å². The van der Waals surface area contributed by atoms with Gasteiger partial charge in [0.2, 0.25) is 11.8 Å². The monoisotopic (exact) mass is 450 g/mol. The number of thiophene rings is 1. The van der Waals surface area contributed by atoms with Gasteiger partial charge in [0.1, 0.15) is 13.2 Å². The van der Waals surface area contributed by atoms with Gasteiger partial charge in [0.25, 0.3) is 0 Å². The fourth-order valence-corrected chi connectivity index (χ4v) is 4.92. The van der Waals surface area contributed by atoms with Crippen LogP contribution in [0.2, 0.25) is 0 Å². The molecule has 27 heavy (non-hydrogen) atoms. The first-order chi connectivity index (χ1) is 13.0. The van der Waals surface area contributed by atoms with Gasteiger partial charge in [0, 0.05) is 36.6 Å². The summed E-state index contributed by atoms with van der Waals surface area (Å²) in [7, 11) is 1.78. The third-order valence-corrected chi connectivity index (χ3v) is 6.32. The highest BCUT2D eigenvalue weighted by Gasteiger charge is 2.37. The largest absolute Gasteiger partial charge is 0.486 e. The average Bonchev–Trinajstić information content (AvgIpc) is 3.26. The molecule has 1 fully saturated rings. The normalized spacial score (nSPS) is 18.7. The number of benzene rings is 1. The summed E-state index contributed by atoms with van der Waals surface area (Å²) in [5, 5.41) is 0. The zero-order valence-corrected chi connectivity index (χ0v) is 17.2. The Labute approximate surface area is 169 Å². The first-order valence-corrected chi connectivity index (χ1v) is 10.3. The molecule has 8 heteroatoms. The van der Waals surface area contributed by atoms with Gasteiger partial charge in [-0.25, -0.2) is 0 Å². The number of rotatable bonds is 4. The number of hydrogen-bond acceptors (Lipinski definition) is 5. The van der Waals surface area contributed by atoms with Gasteiger partial charge < -0.3 is 19.3 Å². The van der Waals surface area contributed by atoms with E-state index >= 15 is 0 Å². The molecule has 6 nitrogen and oxygen atoms in total. The molecule has 142 valence electrons. The van der Waals surface area contributed by atoms with E-state index in [9.17, 15) is 9.59 Å². The molecule has 0 radical (unpaired) electrons. The molecule has 1 aromatic heterocycles. The molecule has 2 aliphatic heterocycles. The number of carbonyl (C=O) groups is 2. The van der Waals surface area contributed by atoms with Gasteiger partial charge in [0.15, 0.2) is 11.5 Å². The zero-order valence-electron chi connectivity index (χ0n) is 14.8. The molecule has 0 aliphatic carbocycles. The molecule has 0 spiro atoms. The number of halogens is 1. The van der Waals surface area contributed by atoms with E-state index in [1.165, 1.54) is 0 Å². The minimum Gasteiger partial charge on any atom is -0.486 e. The molecule has 0 N–H and O–H groups in total. The van der Waals surface area contributed by atoms with Gasteiger partial charge in [-0.3, -0.25) is 9.59 Å². The second-order valence-corrected chi connectivity index (χ2v) is 9.18. The maximum atomic E-state index is 12.8. The Balaban J connectivity index is 1.44. The average molecular weight is 451 g/mol. The van der Waals surface area contributed by atoms with Crippen LogP contribution >= 0.6 is 27.3 Å². The van der Waals surface area contributed by atoms with Crippen molar-refractivity contribution in [2.75, 3.05) is 31.7 Å². The smallest absolute Gasteiger partial charge is 0.228 e. The summed E-state index contributed by atoms with van der Waals surface area (Å²) in [5.41, 5.74) is 0.740. The van der Waals surface area contributed by atoms with Crippen molar-refractivity contribution in [1.82, 2.24) is 4.90 Å². The second-order valence-electron chi connectivity index (χ2n) is 6.63. The first kappa shape index (κ1) is 18.3. The Kier molecular flexibility index (Phi) is 5.10. The van der Waals surface area contributed by atoms with Crippen LogP contribution in [0.25, 0.3) is 0 Å². The minimum absolute atomic E-state index is 0.00656. The Bertz CT molecular complexity index is 884. The molecule has 2 aliphatic rings. The van der Waals surface area contributed by atoms with E-state index in [0.29, 0.717) is 37.8 Å². The lowest BCUT2D eigenvalue weighted by molar-refractivity contribution is -0.135. The Morgan fingerprint density at radius 2 is 2.04 bits per heavy atom. The second kappa shape index (κ2) is 7.52. The number of anilines is 1. The molecule has 3 heterocycles. The fourth-order valence-electron chi connectivity index (χ4n) is 3.38. The van der Waals surface area contributed by atoms with Crippen molar-refractivity contribution < 1.29 is 19.1 Å². The zero-order chi connectivity index (χ0) is 19.0. The van der Waals surface area contributed by atoms with Crippen LogP contribution in [0.1, 0.15) is 11.3 Å². The molecule has 1 saturated heterocycles. The van der Waals surface area contributed by atoms with E-state index in [1.54, 1.807) is 28.2 Å². The third kappa shape index (κ3) is 3.82. The summed E-state index contributed by atoms with van der Waals surface area (Å²) in [5.74, 6) is 0.942. The molecular formula is C19H19BrN2O4S. The minimum atomic E-state index is -0.334. The highest BCUT2D eigenvalue weighted by molar-refractivity contribution is 9.11. The van der Waals surface area contributed by atoms with Gasteiger partial charge >= 0.3 is 0 Å². The maximum absolute atomic E-state index is 12.8. The molecule has 1 unspecified atom stereocenters. The molecule has 4 rings (SSSR count). The van der Waals surface area contributed by atoms with Crippen molar-refractivity contribution in [2.24, 2.45) is 5.92 Å². The van der Waals surface area contributed by atoms with Crippen LogP contribution < -0.4 is 14.4 Å². The molecule has 2 amide bonds. The standard InChI is InChI=1S/C19H19BrN2O4S/c1-21(11-14-3-5-17(20)27-14)19(24)12-8-18(23)22(10-12)13-2-4-15-16(9-13)26-7-6-25-15/h2-5,9,12H,6-8,10-11H2,1H3. The van der Waals surface area contributed by atoms with Crippen molar-refractivity contribution in [1.29, 1.82) is 0 Å². The maximum Gasteiger partial charge on any atom is 0.228 e. The number of hydrogen-bond donors (Lipinski definition) is 0. The molecular weight excluding hydrogens is 432 g/mol. The highest BCUT2D eigenvalue weighted by atomic mass is 79.9. The van der Waals surface area contributed by atoms with Gasteiger partial charge in [-0.1, -0.05) is 0 Å². The topological polar surface area (TPSA) is 59.1 Å². The quantitative estimate of drug-likeness (QED) is 0.716. The first-order valence-electron chi connectivity index (χ1n) is 8.70. The number of fused-ring (bicyclic) bond motifs is 1. The van der Waals surface area contributed by atoms with E-state index in [4.69, 9.17) is 9.47 Å². The van der Waals surface area contributed by atoms with Crippen LogP contribution in [-0.4, -0.2) is 43.5 Å². The van der Waals surface area contributed by atoms with Crippen LogP contribution in [0.5, 0.6) is 11.5 Å². The number of nitrogens with zero attached hydrogens (tertiary/aromatic N) is 2. The van der Waals surface area contributed by atoms with E-state index in [0.717, 1.165) is 14.4 Å². The van der Waals surface area contributed by atoms with Crippen LogP contribution in [0.4, 0.5) is 5.69 Å². The summed E-state index contributed by atoms with van der Waals surface area (Å²) in [6.07, 6.45) is 0.228. The Morgan fingerprint density at radius 1 is 1.26 bits per heavy atom. The predicted molar refractivity (Wildman–Crippen MR) is 106 cm³/mol. The summed E-state index contributed by atoms with van der Waals surface area (Å²) < 4.78 is 12.2. The summed E-state index contributed by atoms with van der Waals surface area (Å²) in [6.45, 7) is 1.95. The van der Waals surface area contributed by atoms with Gasteiger partial charge in [0.05, 0.1) is 16.2 Å². The van der Waals surface area contributed by atoms with Crippen LogP contribution in [0.3, 0.4) is 0 Å². The molecule has 0 saturated carbocycles. The SMILES string of the molecule is CN(Cc1ccc(Br)s1)C(=O)C1CC(=O)N(c2ccc3c(c2)OCCO3)C1.